The van der Waals surface area contributed by atoms with E-state index >= 15 is 0 Å². The third-order valence-electron chi connectivity index (χ3n) is 17.8. The number of benzene rings is 13. The second-order valence-corrected chi connectivity index (χ2v) is 22.4. The first-order chi connectivity index (χ1) is 41.7. The minimum atomic E-state index is 0.0638. The molecular formula is C78H52B2N4. The Balaban J connectivity index is 0.895. The van der Waals surface area contributed by atoms with E-state index in [1.165, 1.54) is 109 Å². The molecule has 0 atom stereocenters. The van der Waals surface area contributed by atoms with E-state index in [1.54, 1.807) is 0 Å². The zero-order valence-electron chi connectivity index (χ0n) is 46.0. The normalized spacial score (nSPS) is 11.8. The van der Waals surface area contributed by atoms with Crippen molar-refractivity contribution < 1.29 is 0 Å². The van der Waals surface area contributed by atoms with Gasteiger partial charge in [0.25, 0.3) is 0 Å². The molecule has 0 unspecified atom stereocenters. The smallest absolute Gasteiger partial charge is 0.241 e. The molecule has 0 radical (unpaired) electrons. The van der Waals surface area contributed by atoms with E-state index in [4.69, 9.17) is 0 Å². The van der Waals surface area contributed by atoms with Gasteiger partial charge >= 0.3 is 0 Å². The summed E-state index contributed by atoms with van der Waals surface area (Å²) >= 11 is 0. The van der Waals surface area contributed by atoms with Gasteiger partial charge in [-0.1, -0.05) is 251 Å². The maximum atomic E-state index is 2.51. The monoisotopic (exact) mass is 1070 g/mol. The third-order valence-corrected chi connectivity index (χ3v) is 17.8. The minimum Gasteiger partial charge on any atom is -0.309 e. The van der Waals surface area contributed by atoms with Crippen molar-refractivity contribution in [1.82, 2.24) is 18.3 Å². The summed E-state index contributed by atoms with van der Waals surface area (Å²) in [6.07, 6.45) is 0. The lowest BCUT2D eigenvalue weighted by molar-refractivity contribution is 1.16. The Morgan fingerprint density at radius 2 is 0.429 bits per heavy atom. The summed E-state index contributed by atoms with van der Waals surface area (Å²) in [7, 11) is 0. The summed E-state index contributed by atoms with van der Waals surface area (Å²) in [6.45, 7) is 0.128. The van der Waals surface area contributed by atoms with Crippen molar-refractivity contribution in [3.05, 3.63) is 315 Å². The molecule has 4 nitrogen and oxygen atoms in total. The predicted octanol–water partition coefficient (Wildman–Crippen LogP) is 15.1. The van der Waals surface area contributed by atoms with Gasteiger partial charge in [0.05, 0.1) is 44.1 Å². The van der Waals surface area contributed by atoms with Gasteiger partial charge in [-0.25, -0.2) is 0 Å². The highest BCUT2D eigenvalue weighted by Crippen LogP contribution is 2.42. The van der Waals surface area contributed by atoms with Crippen LogP contribution in [0.25, 0.3) is 110 Å². The SMILES string of the molecule is c1ccc(B(c2ccccc2)c2ccc3c(c2)c2cc(-n4c5ccccc5c5cc6c7ccccc7n(-c7ccc8c(c7)c7cc(B(c9ccccc9)c9ccccc9)ccc7n8-c7ccccc7)c6cc54)ccc2n3-c2ccccc2)cc1. The van der Waals surface area contributed by atoms with E-state index in [0.29, 0.717) is 0 Å². The highest BCUT2D eigenvalue weighted by atomic mass is 15.0. The summed E-state index contributed by atoms with van der Waals surface area (Å²) in [5, 5.41) is 9.76. The Hall–Kier alpha value is -10.8. The number of para-hydroxylation sites is 4. The summed E-state index contributed by atoms with van der Waals surface area (Å²) < 4.78 is 9.88. The molecular weight excluding hydrogens is 1010 g/mol. The molecule has 0 fully saturated rings. The van der Waals surface area contributed by atoms with E-state index < -0.39 is 0 Å². The molecule has 6 heteroatoms. The fourth-order valence-corrected chi connectivity index (χ4v) is 14.1. The van der Waals surface area contributed by atoms with Crippen molar-refractivity contribution in [3.63, 3.8) is 0 Å². The van der Waals surface area contributed by atoms with Crippen LogP contribution in [0.3, 0.4) is 0 Å². The Bertz CT molecular complexity index is 4950. The van der Waals surface area contributed by atoms with E-state index in [2.05, 4.69) is 334 Å². The van der Waals surface area contributed by atoms with Crippen LogP contribution in [0.15, 0.2) is 315 Å². The van der Waals surface area contributed by atoms with Crippen molar-refractivity contribution >= 4 is 133 Å². The molecule has 17 rings (SSSR count). The average Bonchev–Trinajstić information content (AvgIpc) is 2.49. The van der Waals surface area contributed by atoms with E-state index in [0.717, 1.165) is 33.8 Å². The van der Waals surface area contributed by atoms with Gasteiger partial charge in [-0.2, -0.15) is 0 Å². The van der Waals surface area contributed by atoms with Crippen molar-refractivity contribution in [2.45, 2.75) is 0 Å². The number of aromatic nitrogens is 4. The average molecular weight is 1070 g/mol. The van der Waals surface area contributed by atoms with Crippen molar-refractivity contribution in [1.29, 1.82) is 0 Å². The maximum Gasteiger partial charge on any atom is 0.241 e. The highest BCUT2D eigenvalue weighted by Gasteiger charge is 2.27. The zero-order valence-corrected chi connectivity index (χ0v) is 46.0. The summed E-state index contributed by atoms with van der Waals surface area (Å²) in [6, 6.07) is 117. The Kier molecular flexibility index (Phi) is 11.1. The summed E-state index contributed by atoms with van der Waals surface area (Å²) in [5.41, 5.74) is 21.5. The van der Waals surface area contributed by atoms with Gasteiger partial charge in [-0.3, -0.25) is 0 Å². The molecule has 4 aromatic heterocycles. The van der Waals surface area contributed by atoms with Gasteiger partial charge in [0.1, 0.15) is 0 Å². The Labute approximate surface area is 487 Å². The molecule has 0 N–H and O–H groups in total. The van der Waals surface area contributed by atoms with Gasteiger partial charge < -0.3 is 18.3 Å². The lowest BCUT2D eigenvalue weighted by Crippen LogP contribution is -2.51. The van der Waals surface area contributed by atoms with Gasteiger partial charge in [0.2, 0.25) is 13.4 Å². The summed E-state index contributed by atoms with van der Waals surface area (Å²) in [4.78, 5) is 0. The Morgan fingerprint density at radius 3 is 0.798 bits per heavy atom. The number of hydrogen-bond acceptors (Lipinski definition) is 0. The first kappa shape index (κ1) is 47.9. The van der Waals surface area contributed by atoms with Crippen LogP contribution in [0.5, 0.6) is 0 Å². The first-order valence-corrected chi connectivity index (χ1v) is 29.1. The van der Waals surface area contributed by atoms with Crippen LogP contribution in [0.1, 0.15) is 0 Å². The lowest BCUT2D eigenvalue weighted by atomic mass is 9.37. The van der Waals surface area contributed by atoms with E-state index in [1.807, 2.05) is 0 Å². The van der Waals surface area contributed by atoms with Crippen LogP contribution in [-0.2, 0) is 0 Å². The topological polar surface area (TPSA) is 19.7 Å². The number of hydrogen-bond donors (Lipinski definition) is 0. The minimum absolute atomic E-state index is 0.0638. The van der Waals surface area contributed by atoms with Crippen LogP contribution in [0.4, 0.5) is 0 Å². The summed E-state index contributed by atoms with van der Waals surface area (Å²) in [5.74, 6) is 0. The second kappa shape index (κ2) is 19.4. The fourth-order valence-electron chi connectivity index (χ4n) is 14.1. The molecule has 0 bridgehead atoms. The molecule has 390 valence electrons. The van der Waals surface area contributed by atoms with Gasteiger partial charge in [-0.15, -0.1) is 0 Å². The van der Waals surface area contributed by atoms with Gasteiger partial charge in [0.15, 0.2) is 0 Å². The predicted molar refractivity (Wildman–Crippen MR) is 359 cm³/mol. The van der Waals surface area contributed by atoms with Crippen LogP contribution in [0, 0.1) is 0 Å². The fraction of sp³-hybridized carbons (Fsp3) is 0. The molecule has 17 aromatic rings. The molecule has 0 aliphatic rings. The second-order valence-electron chi connectivity index (χ2n) is 22.4. The number of nitrogens with zero attached hydrogens (tertiary/aromatic N) is 4. The third kappa shape index (κ3) is 7.57. The molecule has 0 saturated carbocycles. The highest BCUT2D eigenvalue weighted by molar-refractivity contribution is 6.96. The van der Waals surface area contributed by atoms with Gasteiger partial charge in [-0.05, 0) is 97.1 Å². The molecule has 0 spiro atoms. The van der Waals surface area contributed by atoms with Crippen LogP contribution >= 0.6 is 0 Å². The molecule has 0 saturated heterocycles. The molecule has 4 heterocycles. The zero-order chi connectivity index (χ0) is 55.2. The number of rotatable bonds is 10. The first-order valence-electron chi connectivity index (χ1n) is 29.1. The lowest BCUT2D eigenvalue weighted by Gasteiger charge is -2.16. The van der Waals surface area contributed by atoms with Crippen LogP contribution in [0.2, 0.25) is 0 Å². The molecule has 0 aliphatic carbocycles. The van der Waals surface area contributed by atoms with Crippen molar-refractivity contribution in [2.75, 3.05) is 0 Å². The number of fused-ring (bicyclic) bond motifs is 12. The molecule has 84 heavy (non-hydrogen) atoms. The van der Waals surface area contributed by atoms with E-state index in [-0.39, 0.29) is 13.4 Å². The quantitative estimate of drug-likeness (QED) is 0.122. The molecule has 13 aromatic carbocycles. The Morgan fingerprint density at radius 1 is 0.155 bits per heavy atom. The molecule has 0 aliphatic heterocycles. The van der Waals surface area contributed by atoms with Crippen molar-refractivity contribution in [2.24, 2.45) is 0 Å². The van der Waals surface area contributed by atoms with E-state index in [9.17, 15) is 0 Å². The standard InChI is InChI=1S/C78H52B2N4/c1-7-23-53(24-8-1)79(54-25-9-2-10-26-54)57-39-43-73-65(47-57)67-49-61(41-45-75(67)81(73)59-31-15-5-16-32-59)83-71-37-21-19-35-63(71)69-51-70-64-36-20-22-38-72(64)84(78(70)52-77(69)83)62-42-46-76-68(50-62)66-48-58(40-44-74(66)82(76)60-33-17-6-18-34-60)80(55-27-11-3-12-28-55)56-29-13-4-14-30-56/h1-52H. The van der Waals surface area contributed by atoms with Gasteiger partial charge in [0, 0.05) is 65.8 Å². The van der Waals surface area contributed by atoms with Crippen LogP contribution < -0.4 is 32.8 Å². The van der Waals surface area contributed by atoms with Crippen molar-refractivity contribution in [3.8, 4) is 22.7 Å². The molecule has 0 amide bonds. The maximum absolute atomic E-state index is 2.51. The van der Waals surface area contributed by atoms with Crippen LogP contribution in [-0.4, -0.2) is 31.7 Å². The largest absolute Gasteiger partial charge is 0.309 e.